The van der Waals surface area contributed by atoms with Crippen molar-refractivity contribution in [1.82, 2.24) is 0 Å². The lowest BCUT2D eigenvalue weighted by Crippen LogP contribution is -2.35. The Balaban J connectivity index is 4.12. The van der Waals surface area contributed by atoms with Crippen LogP contribution in [0.15, 0.2) is 0 Å². The molecule has 7 heteroatoms. The van der Waals surface area contributed by atoms with Gasteiger partial charge in [-0.15, -0.1) is 0 Å². The van der Waals surface area contributed by atoms with Gasteiger partial charge in [0, 0.05) is 0 Å². The van der Waals surface area contributed by atoms with Crippen LogP contribution in [-0.2, 0) is 28.6 Å². The van der Waals surface area contributed by atoms with E-state index >= 15 is 0 Å². The van der Waals surface area contributed by atoms with Gasteiger partial charge in [-0.2, -0.15) is 0 Å². The lowest BCUT2D eigenvalue weighted by atomic mass is 10.3. The van der Waals surface area contributed by atoms with Crippen LogP contribution in [0.5, 0.6) is 0 Å². The summed E-state index contributed by atoms with van der Waals surface area (Å²) in [5, 5.41) is 8.96. The standard InChI is InChI=1S/C14H24O7/c1-5-6-7-8-19-13(17)10(3)21-14(18)11(4)20-12(16)9(2)15/h9-11,15H,5-8H2,1-4H3. The van der Waals surface area contributed by atoms with Crippen LogP contribution >= 0.6 is 0 Å². The van der Waals surface area contributed by atoms with Crippen molar-refractivity contribution >= 4 is 17.9 Å². The smallest absolute Gasteiger partial charge is 0.347 e. The van der Waals surface area contributed by atoms with Gasteiger partial charge in [0.25, 0.3) is 0 Å². The number of hydrogen-bond donors (Lipinski definition) is 1. The zero-order chi connectivity index (χ0) is 16.4. The first kappa shape index (κ1) is 19.4. The molecule has 122 valence electrons. The molecular formula is C14H24O7. The summed E-state index contributed by atoms with van der Waals surface area (Å²) in [6, 6.07) is 0. The minimum Gasteiger partial charge on any atom is -0.463 e. The number of rotatable bonds is 9. The van der Waals surface area contributed by atoms with Gasteiger partial charge < -0.3 is 19.3 Å². The maximum absolute atomic E-state index is 11.6. The molecule has 0 aromatic rings. The van der Waals surface area contributed by atoms with Gasteiger partial charge in [-0.05, 0) is 27.2 Å². The minimum absolute atomic E-state index is 0.279. The summed E-state index contributed by atoms with van der Waals surface area (Å²) in [5.41, 5.74) is 0. The fourth-order valence-corrected chi connectivity index (χ4v) is 1.28. The monoisotopic (exact) mass is 304 g/mol. The molecule has 0 bridgehead atoms. The Hall–Kier alpha value is -1.63. The van der Waals surface area contributed by atoms with Gasteiger partial charge in [0.2, 0.25) is 0 Å². The van der Waals surface area contributed by atoms with Crippen molar-refractivity contribution in [2.75, 3.05) is 6.61 Å². The predicted molar refractivity (Wildman–Crippen MR) is 73.3 cm³/mol. The predicted octanol–water partition coefficient (Wildman–Crippen LogP) is 0.964. The van der Waals surface area contributed by atoms with Crippen LogP contribution in [0.3, 0.4) is 0 Å². The van der Waals surface area contributed by atoms with Crippen molar-refractivity contribution in [3.63, 3.8) is 0 Å². The Morgan fingerprint density at radius 2 is 1.43 bits per heavy atom. The van der Waals surface area contributed by atoms with E-state index in [1.165, 1.54) is 20.8 Å². The SMILES string of the molecule is CCCCCOC(=O)C(C)OC(=O)C(C)OC(=O)C(C)O. The van der Waals surface area contributed by atoms with Gasteiger partial charge in [-0.3, -0.25) is 0 Å². The number of ether oxygens (including phenoxy) is 3. The molecule has 0 radical (unpaired) electrons. The van der Waals surface area contributed by atoms with Crippen LogP contribution < -0.4 is 0 Å². The maximum atomic E-state index is 11.6. The van der Waals surface area contributed by atoms with Crippen LogP contribution in [-0.4, -0.2) is 47.9 Å². The topological polar surface area (TPSA) is 99.1 Å². The molecule has 0 fully saturated rings. The molecule has 0 aromatic carbocycles. The molecule has 0 aliphatic rings. The molecule has 3 unspecified atom stereocenters. The van der Waals surface area contributed by atoms with Crippen molar-refractivity contribution in [3.8, 4) is 0 Å². The highest BCUT2D eigenvalue weighted by molar-refractivity contribution is 5.83. The molecule has 0 heterocycles. The van der Waals surface area contributed by atoms with Gasteiger partial charge >= 0.3 is 17.9 Å². The maximum Gasteiger partial charge on any atom is 0.347 e. The first-order valence-corrected chi connectivity index (χ1v) is 7.05. The molecular weight excluding hydrogens is 280 g/mol. The third-order valence-electron chi connectivity index (χ3n) is 2.58. The summed E-state index contributed by atoms with van der Waals surface area (Å²) in [5.74, 6) is -2.45. The van der Waals surface area contributed by atoms with Crippen LogP contribution in [0, 0.1) is 0 Å². The number of carbonyl (C=O) groups excluding carboxylic acids is 3. The van der Waals surface area contributed by atoms with E-state index in [0.717, 1.165) is 19.3 Å². The molecule has 21 heavy (non-hydrogen) atoms. The molecule has 7 nitrogen and oxygen atoms in total. The van der Waals surface area contributed by atoms with E-state index in [9.17, 15) is 14.4 Å². The van der Waals surface area contributed by atoms with E-state index in [4.69, 9.17) is 14.6 Å². The number of aliphatic hydroxyl groups excluding tert-OH is 1. The van der Waals surface area contributed by atoms with Gasteiger partial charge in [0.05, 0.1) is 6.61 Å². The van der Waals surface area contributed by atoms with Crippen molar-refractivity contribution in [1.29, 1.82) is 0 Å². The highest BCUT2D eigenvalue weighted by Gasteiger charge is 2.26. The molecule has 0 amide bonds. The zero-order valence-electron chi connectivity index (χ0n) is 13.0. The van der Waals surface area contributed by atoms with Gasteiger partial charge in [-0.25, -0.2) is 14.4 Å². The van der Waals surface area contributed by atoms with Crippen molar-refractivity contribution in [2.45, 2.75) is 65.3 Å². The van der Waals surface area contributed by atoms with Crippen LogP contribution in [0.1, 0.15) is 47.0 Å². The average Bonchev–Trinajstić information content (AvgIpc) is 2.42. The molecule has 0 spiro atoms. The van der Waals surface area contributed by atoms with Gasteiger partial charge in [-0.1, -0.05) is 19.8 Å². The van der Waals surface area contributed by atoms with E-state index in [0.29, 0.717) is 0 Å². The zero-order valence-corrected chi connectivity index (χ0v) is 13.0. The second kappa shape index (κ2) is 10.1. The Morgan fingerprint density at radius 3 is 1.95 bits per heavy atom. The molecule has 0 saturated carbocycles. The minimum atomic E-state index is -1.33. The van der Waals surface area contributed by atoms with Crippen molar-refractivity contribution in [3.05, 3.63) is 0 Å². The Morgan fingerprint density at radius 1 is 0.905 bits per heavy atom. The normalized spacial score (nSPS) is 14.7. The van der Waals surface area contributed by atoms with E-state index in [2.05, 4.69) is 4.74 Å². The van der Waals surface area contributed by atoms with Crippen LogP contribution in [0.4, 0.5) is 0 Å². The molecule has 0 aliphatic heterocycles. The molecule has 0 aromatic heterocycles. The molecule has 0 rings (SSSR count). The molecule has 1 N–H and O–H groups in total. The summed E-state index contributed by atoms with van der Waals surface area (Å²) in [4.78, 5) is 34.3. The molecule has 0 saturated heterocycles. The summed E-state index contributed by atoms with van der Waals surface area (Å²) >= 11 is 0. The van der Waals surface area contributed by atoms with Crippen molar-refractivity contribution < 1.29 is 33.7 Å². The summed E-state index contributed by atoms with van der Waals surface area (Å²) < 4.78 is 14.4. The second-order valence-corrected chi connectivity index (χ2v) is 4.71. The lowest BCUT2D eigenvalue weighted by molar-refractivity contribution is -0.179. The summed E-state index contributed by atoms with van der Waals surface area (Å²) in [6.45, 7) is 6.20. The highest BCUT2D eigenvalue weighted by Crippen LogP contribution is 2.04. The third-order valence-corrected chi connectivity index (χ3v) is 2.58. The fourth-order valence-electron chi connectivity index (χ4n) is 1.28. The summed E-state index contributed by atoms with van der Waals surface area (Å²) in [6.07, 6.45) is -0.900. The second-order valence-electron chi connectivity index (χ2n) is 4.71. The van der Waals surface area contributed by atoms with Crippen molar-refractivity contribution in [2.24, 2.45) is 0 Å². The number of aliphatic hydroxyl groups is 1. The molecule has 0 aliphatic carbocycles. The first-order chi connectivity index (χ1) is 9.79. The summed E-state index contributed by atoms with van der Waals surface area (Å²) in [7, 11) is 0. The van der Waals surface area contributed by atoms with E-state index in [1.807, 2.05) is 6.92 Å². The van der Waals surface area contributed by atoms with Gasteiger partial charge in [0.1, 0.15) is 6.10 Å². The highest BCUT2D eigenvalue weighted by atomic mass is 16.6. The largest absolute Gasteiger partial charge is 0.463 e. The molecule has 3 atom stereocenters. The average molecular weight is 304 g/mol. The quantitative estimate of drug-likeness (QED) is 0.385. The van der Waals surface area contributed by atoms with Gasteiger partial charge in [0.15, 0.2) is 12.2 Å². The number of unbranched alkanes of at least 4 members (excludes halogenated alkanes) is 2. The van der Waals surface area contributed by atoms with Crippen LogP contribution in [0.25, 0.3) is 0 Å². The van der Waals surface area contributed by atoms with Crippen LogP contribution in [0.2, 0.25) is 0 Å². The Kier molecular flexibility index (Phi) is 9.36. The lowest BCUT2D eigenvalue weighted by Gasteiger charge is -2.17. The van der Waals surface area contributed by atoms with E-state index in [1.54, 1.807) is 0 Å². The Labute approximate surface area is 124 Å². The number of hydrogen-bond acceptors (Lipinski definition) is 7. The Bertz CT molecular complexity index is 351. The van der Waals surface area contributed by atoms with E-state index < -0.39 is 36.2 Å². The fraction of sp³-hybridized carbons (Fsp3) is 0.786. The van der Waals surface area contributed by atoms with E-state index in [-0.39, 0.29) is 6.61 Å². The number of esters is 3. The third kappa shape index (κ3) is 8.29. The number of carbonyl (C=O) groups is 3. The first-order valence-electron chi connectivity index (χ1n) is 7.05.